The summed E-state index contributed by atoms with van der Waals surface area (Å²) in [5.74, 6) is 5.13. The first-order valence-electron chi connectivity index (χ1n) is 20.8. The second-order valence-electron chi connectivity index (χ2n) is 18.8. The summed E-state index contributed by atoms with van der Waals surface area (Å²) >= 11 is 0. The van der Waals surface area contributed by atoms with Crippen molar-refractivity contribution in [3.63, 3.8) is 0 Å². The molecule has 258 valence electrons. The summed E-state index contributed by atoms with van der Waals surface area (Å²) in [7, 11) is 0. The van der Waals surface area contributed by atoms with Crippen molar-refractivity contribution in [3.05, 3.63) is 106 Å². The maximum atomic E-state index is 2.75. The summed E-state index contributed by atoms with van der Waals surface area (Å²) in [6.45, 7) is 15.2. The van der Waals surface area contributed by atoms with Gasteiger partial charge in [-0.25, -0.2) is 0 Å². The minimum Gasteiger partial charge on any atom is -0.0625 e. The Morgan fingerprint density at radius 3 is 1.88 bits per heavy atom. The molecule has 2 unspecified atom stereocenters. The number of hydrogen-bond donors (Lipinski definition) is 0. The maximum absolute atomic E-state index is 2.75. The molecular formula is C50H58. The summed E-state index contributed by atoms with van der Waals surface area (Å²) < 4.78 is 0. The van der Waals surface area contributed by atoms with Gasteiger partial charge in [-0.1, -0.05) is 166 Å². The number of benzene rings is 4. The van der Waals surface area contributed by atoms with Gasteiger partial charge in [-0.05, 0) is 126 Å². The van der Waals surface area contributed by atoms with Crippen LogP contribution in [0.4, 0.5) is 0 Å². The minimum atomic E-state index is -0.0308. The van der Waals surface area contributed by atoms with Gasteiger partial charge in [0.1, 0.15) is 0 Å². The SMILES string of the molecule is CC(C)c1cc2c(c3ccccc13)C1(c3ccc4c(c3-2)C(C)(C)C2=C4Cc3ccccc32)C(C2CCCCC2)C(C(C)C)C1C1CCCCC1. The molecule has 4 aromatic carbocycles. The predicted octanol–water partition coefficient (Wildman–Crippen LogP) is 13.7. The number of allylic oxidation sites excluding steroid dienone is 2. The summed E-state index contributed by atoms with van der Waals surface area (Å²) in [6, 6.07) is 27.2. The fourth-order valence-corrected chi connectivity index (χ4v) is 14.0. The first-order valence-corrected chi connectivity index (χ1v) is 20.8. The molecule has 0 heterocycles. The molecule has 4 aromatic rings. The average molecular weight is 659 g/mol. The fourth-order valence-electron chi connectivity index (χ4n) is 14.0. The van der Waals surface area contributed by atoms with Crippen molar-refractivity contribution >= 4 is 21.9 Å². The van der Waals surface area contributed by atoms with E-state index in [0.29, 0.717) is 5.92 Å². The highest BCUT2D eigenvalue weighted by Crippen LogP contribution is 2.76. The van der Waals surface area contributed by atoms with E-state index >= 15 is 0 Å². The fraction of sp³-hybridized carbons (Fsp3) is 0.520. The Bertz CT molecular complexity index is 2030. The smallest absolute Gasteiger partial charge is 0.0288 e. The lowest BCUT2D eigenvalue weighted by Gasteiger charge is -2.68. The first-order chi connectivity index (χ1) is 24.3. The molecule has 6 aliphatic carbocycles. The highest BCUT2D eigenvalue weighted by molar-refractivity contribution is 6.10. The summed E-state index contributed by atoms with van der Waals surface area (Å²) in [5.41, 5.74) is 17.9. The van der Waals surface area contributed by atoms with Gasteiger partial charge in [0.15, 0.2) is 0 Å². The molecule has 0 N–H and O–H groups in total. The van der Waals surface area contributed by atoms with Crippen LogP contribution in [0.1, 0.15) is 151 Å². The summed E-state index contributed by atoms with van der Waals surface area (Å²) in [5, 5.41) is 3.11. The quantitative estimate of drug-likeness (QED) is 0.205. The minimum absolute atomic E-state index is 0.0308. The van der Waals surface area contributed by atoms with Crippen LogP contribution in [0.3, 0.4) is 0 Å². The first kappa shape index (κ1) is 31.6. The van der Waals surface area contributed by atoms with E-state index in [1.165, 1.54) is 80.7 Å². The highest BCUT2D eigenvalue weighted by Gasteiger charge is 2.70. The summed E-state index contributed by atoms with van der Waals surface area (Å²) in [6.07, 6.45) is 15.4. The van der Waals surface area contributed by atoms with E-state index in [0.717, 1.165) is 41.9 Å². The highest BCUT2D eigenvalue weighted by atomic mass is 14.7. The van der Waals surface area contributed by atoms with Gasteiger partial charge in [-0.15, -0.1) is 0 Å². The van der Waals surface area contributed by atoms with Crippen LogP contribution in [0.15, 0.2) is 66.7 Å². The predicted molar refractivity (Wildman–Crippen MR) is 213 cm³/mol. The largest absolute Gasteiger partial charge is 0.0625 e. The average Bonchev–Trinajstić information content (AvgIpc) is 3.73. The molecule has 0 aromatic heterocycles. The van der Waals surface area contributed by atoms with Crippen LogP contribution in [0, 0.1) is 35.5 Å². The van der Waals surface area contributed by atoms with Gasteiger partial charge in [0.2, 0.25) is 0 Å². The van der Waals surface area contributed by atoms with Gasteiger partial charge >= 0.3 is 0 Å². The van der Waals surface area contributed by atoms with E-state index in [2.05, 4.69) is 108 Å². The second-order valence-corrected chi connectivity index (χ2v) is 18.8. The van der Waals surface area contributed by atoms with Gasteiger partial charge in [-0.2, -0.15) is 0 Å². The van der Waals surface area contributed by atoms with Crippen LogP contribution < -0.4 is 0 Å². The molecule has 0 amide bonds. The van der Waals surface area contributed by atoms with E-state index < -0.39 is 0 Å². The third-order valence-electron chi connectivity index (χ3n) is 15.5. The Morgan fingerprint density at radius 1 is 0.620 bits per heavy atom. The number of fused-ring (bicyclic) bond motifs is 12. The number of rotatable bonds is 4. The molecule has 0 nitrogen and oxygen atoms in total. The van der Waals surface area contributed by atoms with Gasteiger partial charge < -0.3 is 0 Å². The molecular weight excluding hydrogens is 601 g/mol. The molecule has 1 spiro atoms. The Labute approximate surface area is 302 Å². The number of hydrogen-bond acceptors (Lipinski definition) is 0. The van der Waals surface area contributed by atoms with Crippen LogP contribution >= 0.6 is 0 Å². The van der Waals surface area contributed by atoms with Crippen LogP contribution in [-0.2, 0) is 17.3 Å². The molecule has 0 saturated heterocycles. The molecule has 10 rings (SSSR count). The Morgan fingerprint density at radius 2 is 1.24 bits per heavy atom. The zero-order valence-corrected chi connectivity index (χ0v) is 31.7. The van der Waals surface area contributed by atoms with Crippen molar-refractivity contribution in [3.8, 4) is 11.1 Å². The molecule has 0 aliphatic heterocycles. The molecule has 6 aliphatic rings. The van der Waals surface area contributed by atoms with Crippen LogP contribution in [-0.4, -0.2) is 0 Å². The monoisotopic (exact) mass is 658 g/mol. The van der Waals surface area contributed by atoms with Crippen LogP contribution in [0.5, 0.6) is 0 Å². The standard InChI is InChI=1S/C50H58/c1-29(2)38-28-40-43-41(26-25-37-39-27-33-21-13-14-22-34(33)46(39)49(5,6)48(37)43)50(47(40)36-24-16-15-23-35(36)38)44(31-17-9-7-10-18-31)42(30(3)4)45(50)32-19-11-8-12-20-32/h13-16,21-26,28-32,42,44-45H,7-12,17-20,27H2,1-6H3. The van der Waals surface area contributed by atoms with Gasteiger partial charge in [0, 0.05) is 10.8 Å². The molecule has 50 heavy (non-hydrogen) atoms. The Balaban J connectivity index is 1.32. The van der Waals surface area contributed by atoms with E-state index in [1.807, 2.05) is 0 Å². The maximum Gasteiger partial charge on any atom is 0.0288 e. The van der Waals surface area contributed by atoms with Crippen LogP contribution in [0.2, 0.25) is 0 Å². The molecule has 2 atom stereocenters. The van der Waals surface area contributed by atoms with Crippen molar-refractivity contribution in [2.45, 2.75) is 129 Å². The van der Waals surface area contributed by atoms with Crippen LogP contribution in [0.25, 0.3) is 33.0 Å². The molecule has 0 bridgehead atoms. The third-order valence-corrected chi connectivity index (χ3v) is 15.5. The van der Waals surface area contributed by atoms with Gasteiger partial charge in [0.05, 0.1) is 0 Å². The Hall–Kier alpha value is -3.12. The van der Waals surface area contributed by atoms with E-state index in [-0.39, 0.29) is 10.8 Å². The lowest BCUT2D eigenvalue weighted by molar-refractivity contribution is -0.130. The Kier molecular flexibility index (Phi) is 7.07. The van der Waals surface area contributed by atoms with E-state index in [9.17, 15) is 0 Å². The zero-order valence-electron chi connectivity index (χ0n) is 31.7. The van der Waals surface area contributed by atoms with Crippen molar-refractivity contribution in [2.75, 3.05) is 0 Å². The van der Waals surface area contributed by atoms with E-state index in [4.69, 9.17) is 0 Å². The van der Waals surface area contributed by atoms with E-state index in [1.54, 1.807) is 55.5 Å². The lowest BCUT2D eigenvalue weighted by Crippen LogP contribution is -2.66. The topological polar surface area (TPSA) is 0 Å². The normalized spacial score (nSPS) is 28.3. The lowest BCUT2D eigenvalue weighted by atomic mass is 9.35. The zero-order chi connectivity index (χ0) is 34.1. The van der Waals surface area contributed by atoms with Crippen molar-refractivity contribution in [1.29, 1.82) is 0 Å². The second kappa shape index (κ2) is 11.2. The molecule has 0 heteroatoms. The van der Waals surface area contributed by atoms with Crippen molar-refractivity contribution in [2.24, 2.45) is 35.5 Å². The van der Waals surface area contributed by atoms with Crippen molar-refractivity contribution in [1.82, 2.24) is 0 Å². The van der Waals surface area contributed by atoms with Crippen molar-refractivity contribution < 1.29 is 0 Å². The molecule has 3 saturated carbocycles. The third kappa shape index (κ3) is 3.95. The molecule has 0 radical (unpaired) electrons. The summed E-state index contributed by atoms with van der Waals surface area (Å²) in [4.78, 5) is 0. The van der Waals surface area contributed by atoms with Gasteiger partial charge in [-0.3, -0.25) is 0 Å². The molecule has 3 fully saturated rings. The van der Waals surface area contributed by atoms with Gasteiger partial charge in [0.25, 0.3) is 0 Å².